The Labute approximate surface area is 107 Å². The van der Waals surface area contributed by atoms with Crippen molar-refractivity contribution in [3.63, 3.8) is 0 Å². The highest BCUT2D eigenvalue weighted by molar-refractivity contribution is 5.12. The number of nitrogens with zero attached hydrogens (tertiary/aromatic N) is 2. The monoisotopic (exact) mass is 249 g/mol. The summed E-state index contributed by atoms with van der Waals surface area (Å²) in [5.41, 5.74) is 2.03. The van der Waals surface area contributed by atoms with Crippen LogP contribution in [0.4, 0.5) is 0 Å². The highest BCUT2D eigenvalue weighted by atomic mass is 16.6. The minimum atomic E-state index is -0.113. The van der Waals surface area contributed by atoms with Gasteiger partial charge in [-0.3, -0.25) is 0 Å². The molecule has 5 nitrogen and oxygen atoms in total. The molecule has 0 aromatic carbocycles. The smallest absolute Gasteiger partial charge is 0.160 e. The number of rotatable bonds is 4. The first-order valence-corrected chi connectivity index (χ1v) is 6.58. The van der Waals surface area contributed by atoms with E-state index >= 15 is 0 Å². The first kappa shape index (κ1) is 12.0. The van der Waals surface area contributed by atoms with Gasteiger partial charge in [-0.05, 0) is 25.8 Å². The molecule has 0 amide bonds. The van der Waals surface area contributed by atoms with Gasteiger partial charge in [0.15, 0.2) is 5.82 Å². The van der Waals surface area contributed by atoms with Crippen molar-refractivity contribution in [3.8, 4) is 0 Å². The van der Waals surface area contributed by atoms with Crippen LogP contribution in [0, 0.1) is 6.92 Å². The van der Waals surface area contributed by atoms with E-state index in [0.717, 1.165) is 23.8 Å². The zero-order valence-electron chi connectivity index (χ0n) is 10.7. The second-order valence-electron chi connectivity index (χ2n) is 4.95. The molecule has 0 radical (unpaired) electrons. The Hall–Kier alpha value is -1.04. The van der Waals surface area contributed by atoms with Gasteiger partial charge in [0, 0.05) is 18.3 Å². The van der Waals surface area contributed by atoms with Crippen LogP contribution in [0.5, 0.6) is 0 Å². The Kier molecular flexibility index (Phi) is 3.54. The number of ether oxygens (including phenoxy) is 2. The number of aryl methyl sites for hydroxylation is 1. The van der Waals surface area contributed by atoms with Gasteiger partial charge in [0.25, 0.3) is 0 Å². The summed E-state index contributed by atoms with van der Waals surface area (Å²) in [5.74, 6) is 0.752. The highest BCUT2D eigenvalue weighted by Crippen LogP contribution is 2.20. The second kappa shape index (κ2) is 5.30. The Morgan fingerprint density at radius 1 is 1.33 bits per heavy atom. The summed E-state index contributed by atoms with van der Waals surface area (Å²) in [6.45, 7) is 4.65. The minimum absolute atomic E-state index is 0.113. The molecule has 2 fully saturated rings. The van der Waals surface area contributed by atoms with Gasteiger partial charge in [-0.25, -0.2) is 9.97 Å². The Morgan fingerprint density at radius 2 is 2.22 bits per heavy atom. The van der Waals surface area contributed by atoms with Crippen LogP contribution in [0.2, 0.25) is 0 Å². The van der Waals surface area contributed by atoms with Crippen molar-refractivity contribution in [1.82, 2.24) is 15.3 Å². The van der Waals surface area contributed by atoms with Crippen molar-refractivity contribution in [2.75, 3.05) is 19.8 Å². The first-order valence-electron chi connectivity index (χ1n) is 6.58. The van der Waals surface area contributed by atoms with Crippen LogP contribution >= 0.6 is 0 Å². The summed E-state index contributed by atoms with van der Waals surface area (Å²) in [6.07, 6.45) is 2.46. The van der Waals surface area contributed by atoms with Crippen molar-refractivity contribution in [1.29, 1.82) is 0 Å². The van der Waals surface area contributed by atoms with Crippen LogP contribution in [-0.2, 0) is 16.0 Å². The third-order valence-electron chi connectivity index (χ3n) is 3.18. The van der Waals surface area contributed by atoms with Crippen LogP contribution in [0.25, 0.3) is 0 Å². The maximum absolute atomic E-state index is 5.64. The summed E-state index contributed by atoms with van der Waals surface area (Å²) >= 11 is 0. The van der Waals surface area contributed by atoms with Crippen molar-refractivity contribution in [2.24, 2.45) is 0 Å². The number of nitrogens with one attached hydrogen (secondary N) is 1. The lowest BCUT2D eigenvalue weighted by atomic mass is 10.2. The lowest BCUT2D eigenvalue weighted by molar-refractivity contribution is -0.0936. The third-order valence-corrected chi connectivity index (χ3v) is 3.18. The molecule has 1 saturated carbocycles. The van der Waals surface area contributed by atoms with E-state index in [0.29, 0.717) is 25.9 Å². The second-order valence-corrected chi connectivity index (χ2v) is 4.95. The molecule has 0 bridgehead atoms. The summed E-state index contributed by atoms with van der Waals surface area (Å²) < 4.78 is 11.0. The summed E-state index contributed by atoms with van der Waals surface area (Å²) in [5, 5.41) is 3.47. The van der Waals surface area contributed by atoms with E-state index < -0.39 is 0 Å². The molecule has 18 heavy (non-hydrogen) atoms. The van der Waals surface area contributed by atoms with E-state index in [4.69, 9.17) is 9.47 Å². The molecule has 1 aromatic rings. The van der Waals surface area contributed by atoms with Gasteiger partial charge in [0.2, 0.25) is 0 Å². The molecule has 1 aliphatic heterocycles. The number of aromatic nitrogens is 2. The molecule has 1 saturated heterocycles. The number of hydrogen-bond donors (Lipinski definition) is 1. The van der Waals surface area contributed by atoms with E-state index in [1.807, 2.05) is 13.0 Å². The fourth-order valence-electron chi connectivity index (χ4n) is 2.07. The maximum atomic E-state index is 5.64. The van der Waals surface area contributed by atoms with Gasteiger partial charge in [-0.15, -0.1) is 0 Å². The zero-order valence-corrected chi connectivity index (χ0v) is 10.7. The first-order chi connectivity index (χ1) is 8.81. The van der Waals surface area contributed by atoms with Crippen molar-refractivity contribution < 1.29 is 9.47 Å². The van der Waals surface area contributed by atoms with Gasteiger partial charge < -0.3 is 14.8 Å². The van der Waals surface area contributed by atoms with E-state index in [1.165, 1.54) is 12.8 Å². The van der Waals surface area contributed by atoms with Gasteiger partial charge in [-0.1, -0.05) is 0 Å². The predicted molar refractivity (Wildman–Crippen MR) is 66.1 cm³/mol. The molecule has 2 aliphatic rings. The Balaban J connectivity index is 1.71. The predicted octanol–water partition coefficient (Wildman–Crippen LogP) is 1.12. The average Bonchev–Trinajstić information content (AvgIpc) is 3.21. The highest BCUT2D eigenvalue weighted by Gasteiger charge is 2.22. The SMILES string of the molecule is Cc1cc(CNC2CC2)nc(C2COCCO2)n1. The molecule has 1 aromatic heterocycles. The maximum Gasteiger partial charge on any atom is 0.160 e. The van der Waals surface area contributed by atoms with Crippen molar-refractivity contribution in [3.05, 3.63) is 23.3 Å². The lowest BCUT2D eigenvalue weighted by Gasteiger charge is -2.22. The molecule has 3 rings (SSSR count). The van der Waals surface area contributed by atoms with Crippen LogP contribution in [0.3, 0.4) is 0 Å². The molecular formula is C13H19N3O2. The van der Waals surface area contributed by atoms with Gasteiger partial charge in [0.05, 0.1) is 25.5 Å². The molecule has 1 aliphatic carbocycles. The quantitative estimate of drug-likeness (QED) is 0.866. The third kappa shape index (κ3) is 3.04. The van der Waals surface area contributed by atoms with E-state index in [-0.39, 0.29) is 6.10 Å². The normalized spacial score (nSPS) is 24.2. The Bertz CT molecular complexity index is 415. The molecule has 2 heterocycles. The topological polar surface area (TPSA) is 56.3 Å². The fraction of sp³-hybridized carbons (Fsp3) is 0.692. The number of hydrogen-bond acceptors (Lipinski definition) is 5. The summed E-state index contributed by atoms with van der Waals surface area (Å²) in [6, 6.07) is 2.72. The van der Waals surface area contributed by atoms with Crippen molar-refractivity contribution >= 4 is 0 Å². The zero-order chi connectivity index (χ0) is 12.4. The minimum Gasteiger partial charge on any atom is -0.376 e. The average molecular weight is 249 g/mol. The van der Waals surface area contributed by atoms with Crippen LogP contribution in [0.1, 0.15) is 36.2 Å². The van der Waals surface area contributed by atoms with E-state index in [9.17, 15) is 0 Å². The standard InChI is InChI=1S/C13H19N3O2/c1-9-6-11(7-14-10-2-3-10)16-13(15-9)12-8-17-4-5-18-12/h6,10,12,14H,2-5,7-8H2,1H3. The van der Waals surface area contributed by atoms with E-state index in [2.05, 4.69) is 15.3 Å². The largest absolute Gasteiger partial charge is 0.376 e. The summed E-state index contributed by atoms with van der Waals surface area (Å²) in [4.78, 5) is 9.03. The molecule has 98 valence electrons. The molecule has 0 spiro atoms. The Morgan fingerprint density at radius 3 is 2.94 bits per heavy atom. The van der Waals surface area contributed by atoms with Gasteiger partial charge >= 0.3 is 0 Å². The van der Waals surface area contributed by atoms with Crippen LogP contribution < -0.4 is 5.32 Å². The fourth-order valence-corrected chi connectivity index (χ4v) is 2.07. The molecule has 5 heteroatoms. The van der Waals surface area contributed by atoms with Gasteiger partial charge in [0.1, 0.15) is 6.10 Å². The summed E-state index contributed by atoms with van der Waals surface area (Å²) in [7, 11) is 0. The van der Waals surface area contributed by atoms with E-state index in [1.54, 1.807) is 0 Å². The van der Waals surface area contributed by atoms with Crippen LogP contribution in [-0.4, -0.2) is 35.8 Å². The molecule has 1 N–H and O–H groups in total. The van der Waals surface area contributed by atoms with Crippen LogP contribution in [0.15, 0.2) is 6.07 Å². The lowest BCUT2D eigenvalue weighted by Crippen LogP contribution is -2.25. The molecular weight excluding hydrogens is 230 g/mol. The van der Waals surface area contributed by atoms with Gasteiger partial charge in [-0.2, -0.15) is 0 Å². The molecule has 1 unspecified atom stereocenters. The molecule has 1 atom stereocenters. The van der Waals surface area contributed by atoms with Crippen molar-refractivity contribution in [2.45, 2.75) is 38.5 Å².